The van der Waals surface area contributed by atoms with Crippen LogP contribution >= 0.6 is 12.1 Å². The summed E-state index contributed by atoms with van der Waals surface area (Å²) in [5.41, 5.74) is -3.10. The normalized spacial score (nSPS) is 35.3. The monoisotopic (exact) mass is 546 g/mol. The largest absolute Gasteiger partial charge is 0.416 e. The van der Waals surface area contributed by atoms with Crippen molar-refractivity contribution in [2.75, 3.05) is 5.32 Å². The van der Waals surface area contributed by atoms with Gasteiger partial charge in [-0.15, -0.1) is 0 Å². The average molecular weight is 547 g/mol. The lowest BCUT2D eigenvalue weighted by molar-refractivity contribution is -0.137. The van der Waals surface area contributed by atoms with Crippen molar-refractivity contribution in [1.29, 1.82) is 0 Å². The Morgan fingerprint density at radius 2 is 1.73 bits per heavy atom. The third-order valence-electron chi connectivity index (χ3n) is 9.36. The van der Waals surface area contributed by atoms with Crippen molar-refractivity contribution >= 4 is 29.6 Å². The van der Waals surface area contributed by atoms with Gasteiger partial charge in [-0.25, -0.2) is 0 Å². The maximum absolute atomic E-state index is 14.2. The van der Waals surface area contributed by atoms with E-state index in [0.717, 1.165) is 32.1 Å². The minimum Gasteiger partial charge on any atom is -0.349 e. The van der Waals surface area contributed by atoms with Gasteiger partial charge in [0.1, 0.15) is 12.1 Å². The summed E-state index contributed by atoms with van der Waals surface area (Å²) >= 11 is -1.29. The molecule has 0 spiro atoms. The van der Waals surface area contributed by atoms with Gasteiger partial charge < -0.3 is 10.6 Å². The van der Waals surface area contributed by atoms with Crippen LogP contribution in [0.5, 0.6) is 0 Å². The van der Waals surface area contributed by atoms with E-state index < -0.39 is 52.2 Å². The maximum Gasteiger partial charge on any atom is 0.416 e. The SMILES string of the molecule is C[C@]12C=CC(=O)NC1CCC1C3CCC(C(=O)Nc4cc(C(F)(F)F)ccc4C(F)(F)SF)C3CCC12. The lowest BCUT2D eigenvalue weighted by atomic mass is 9.51. The molecule has 0 bridgehead atoms. The second kappa shape index (κ2) is 9.24. The highest BCUT2D eigenvalue weighted by atomic mass is 32.2. The number of anilines is 1. The first-order chi connectivity index (χ1) is 17.3. The first-order valence-corrected chi connectivity index (χ1v) is 13.3. The zero-order chi connectivity index (χ0) is 26.8. The molecule has 6 unspecified atom stereocenters. The number of fused-ring (bicyclic) bond motifs is 5. The van der Waals surface area contributed by atoms with E-state index in [-0.39, 0.29) is 29.2 Å². The molecule has 2 amide bonds. The molecule has 1 aromatic carbocycles. The highest BCUT2D eigenvalue weighted by molar-refractivity contribution is 7.94. The molecule has 1 aliphatic heterocycles. The fourth-order valence-corrected chi connectivity index (χ4v) is 7.92. The molecule has 37 heavy (non-hydrogen) atoms. The van der Waals surface area contributed by atoms with Gasteiger partial charge in [-0.3, -0.25) is 9.59 Å². The summed E-state index contributed by atoms with van der Waals surface area (Å²) in [6, 6.07) is 1.49. The Kier molecular flexibility index (Phi) is 6.60. The van der Waals surface area contributed by atoms with Crippen molar-refractivity contribution in [1.82, 2.24) is 5.32 Å². The third kappa shape index (κ3) is 4.55. The van der Waals surface area contributed by atoms with Gasteiger partial charge in [-0.05, 0) is 86.5 Å². The van der Waals surface area contributed by atoms with E-state index in [4.69, 9.17) is 0 Å². The van der Waals surface area contributed by atoms with E-state index in [2.05, 4.69) is 17.6 Å². The van der Waals surface area contributed by atoms with Crippen molar-refractivity contribution in [3.8, 4) is 0 Å². The molecule has 7 atom stereocenters. The van der Waals surface area contributed by atoms with Crippen LogP contribution < -0.4 is 10.6 Å². The van der Waals surface area contributed by atoms with Gasteiger partial charge in [-0.1, -0.05) is 13.0 Å². The second-order valence-corrected chi connectivity index (χ2v) is 11.7. The number of carbonyl (C=O) groups is 2. The molecule has 202 valence electrons. The van der Waals surface area contributed by atoms with Crippen molar-refractivity contribution in [3.05, 3.63) is 41.5 Å². The number of amides is 2. The molecule has 11 heteroatoms. The molecule has 4 aliphatic rings. The molecular weight excluding hydrogens is 518 g/mol. The Morgan fingerprint density at radius 3 is 2.43 bits per heavy atom. The molecule has 1 aromatic rings. The number of hydrogen-bond donors (Lipinski definition) is 2. The summed E-state index contributed by atoms with van der Waals surface area (Å²) in [6.07, 6.45) is 3.40. The molecule has 2 N–H and O–H groups in total. The number of carbonyl (C=O) groups excluding carboxylic acids is 2. The highest BCUT2D eigenvalue weighted by Crippen LogP contribution is 2.60. The first-order valence-electron chi connectivity index (χ1n) is 12.5. The number of nitrogens with one attached hydrogen (secondary N) is 2. The first kappa shape index (κ1) is 26.4. The maximum atomic E-state index is 14.2. The molecule has 1 heterocycles. The topological polar surface area (TPSA) is 58.2 Å². The lowest BCUT2D eigenvalue weighted by Crippen LogP contribution is -2.58. The summed E-state index contributed by atoms with van der Waals surface area (Å²) in [5, 5.41) is 1.28. The molecular formula is C26H28F6N2O2S. The average Bonchev–Trinajstić information content (AvgIpc) is 3.28. The molecule has 5 rings (SSSR count). The van der Waals surface area contributed by atoms with Gasteiger partial charge in [0.2, 0.25) is 11.8 Å². The summed E-state index contributed by atoms with van der Waals surface area (Å²) < 4.78 is 81.1. The predicted molar refractivity (Wildman–Crippen MR) is 127 cm³/mol. The fourth-order valence-electron chi connectivity index (χ4n) is 7.66. The van der Waals surface area contributed by atoms with Crippen molar-refractivity contribution in [2.24, 2.45) is 35.0 Å². The van der Waals surface area contributed by atoms with Crippen LogP contribution in [-0.2, 0) is 21.0 Å². The number of halogens is 6. The Morgan fingerprint density at radius 1 is 1.03 bits per heavy atom. The van der Waals surface area contributed by atoms with Crippen molar-refractivity contribution in [2.45, 2.75) is 62.9 Å². The van der Waals surface area contributed by atoms with E-state index >= 15 is 0 Å². The van der Waals surface area contributed by atoms with Crippen LogP contribution in [0.25, 0.3) is 0 Å². The van der Waals surface area contributed by atoms with Crippen LogP contribution in [0.2, 0.25) is 0 Å². The zero-order valence-corrected chi connectivity index (χ0v) is 20.9. The quantitative estimate of drug-likeness (QED) is 0.407. The van der Waals surface area contributed by atoms with Crippen LogP contribution in [0.1, 0.15) is 56.6 Å². The van der Waals surface area contributed by atoms with Gasteiger partial charge >= 0.3 is 11.4 Å². The van der Waals surface area contributed by atoms with Crippen LogP contribution in [-0.4, -0.2) is 17.9 Å². The summed E-state index contributed by atoms with van der Waals surface area (Å²) in [6.45, 7) is 2.17. The summed E-state index contributed by atoms with van der Waals surface area (Å²) in [7, 11) is 0. The number of benzene rings is 1. The minimum absolute atomic E-state index is 0.00568. The van der Waals surface area contributed by atoms with Crippen LogP contribution in [0.15, 0.2) is 30.4 Å². The molecule has 0 aromatic heterocycles. The van der Waals surface area contributed by atoms with Gasteiger partial charge in [0.05, 0.1) is 16.8 Å². The number of hydrogen-bond acceptors (Lipinski definition) is 3. The van der Waals surface area contributed by atoms with Gasteiger partial charge in [0, 0.05) is 17.4 Å². The smallest absolute Gasteiger partial charge is 0.349 e. The Bertz CT molecular complexity index is 1120. The van der Waals surface area contributed by atoms with Crippen LogP contribution in [0.3, 0.4) is 0 Å². The highest BCUT2D eigenvalue weighted by Gasteiger charge is 2.56. The Balaban J connectivity index is 1.37. The lowest BCUT2D eigenvalue weighted by Gasteiger charge is -2.56. The van der Waals surface area contributed by atoms with Gasteiger partial charge in [0.15, 0.2) is 0 Å². The van der Waals surface area contributed by atoms with E-state index in [9.17, 15) is 35.4 Å². The second-order valence-electron chi connectivity index (χ2n) is 11.0. The van der Waals surface area contributed by atoms with Gasteiger partial charge in [-0.2, -0.15) is 25.8 Å². The van der Waals surface area contributed by atoms with Crippen molar-refractivity contribution < 1.29 is 35.4 Å². The van der Waals surface area contributed by atoms with E-state index in [1.807, 2.05) is 6.08 Å². The molecule has 0 saturated heterocycles. The molecule has 0 radical (unpaired) electrons. The predicted octanol–water partition coefficient (Wildman–Crippen LogP) is 6.83. The third-order valence-corrected chi connectivity index (χ3v) is 9.77. The Hall–Kier alpha value is -2.17. The summed E-state index contributed by atoms with van der Waals surface area (Å²) in [4.78, 5) is 25.2. The minimum atomic E-state index is -4.81. The van der Waals surface area contributed by atoms with Gasteiger partial charge in [0.25, 0.3) is 0 Å². The van der Waals surface area contributed by atoms with E-state index in [0.29, 0.717) is 36.5 Å². The van der Waals surface area contributed by atoms with Crippen LogP contribution in [0.4, 0.5) is 31.5 Å². The standard InChI is InChI=1S/C26H28F6N2O2S/c1-24-11-10-22(35)34-21(24)9-6-16-14-3-4-17(15(14)5-8-18(16)24)23(36)33-20-12-13(25(27,28)29)2-7-19(20)26(30,31)37-32/h2,7,10-12,14-18,21H,3-6,8-9H2,1H3,(H,33,36)(H,34,35)/t14?,15?,16?,17?,18?,21?,24-/m1/s1. The summed E-state index contributed by atoms with van der Waals surface area (Å²) in [5.74, 6) is -0.299. The Labute approximate surface area is 215 Å². The molecule has 3 fully saturated rings. The zero-order valence-electron chi connectivity index (χ0n) is 20.1. The van der Waals surface area contributed by atoms with E-state index in [1.165, 1.54) is 0 Å². The molecule has 4 nitrogen and oxygen atoms in total. The molecule has 3 saturated carbocycles. The number of alkyl halides is 5. The van der Waals surface area contributed by atoms with Crippen LogP contribution in [0, 0.1) is 35.0 Å². The number of rotatable bonds is 4. The van der Waals surface area contributed by atoms with Crippen molar-refractivity contribution in [3.63, 3.8) is 0 Å². The fraction of sp³-hybridized carbons (Fsp3) is 0.615. The van der Waals surface area contributed by atoms with E-state index in [1.54, 1.807) is 6.08 Å². The molecule has 3 aliphatic carbocycles.